The number of rotatable bonds is 6. The van der Waals surface area contributed by atoms with Crippen molar-refractivity contribution in [2.24, 2.45) is 0 Å². The molecule has 0 aromatic heterocycles. The van der Waals surface area contributed by atoms with Crippen molar-refractivity contribution in [2.75, 3.05) is 26.3 Å². The van der Waals surface area contributed by atoms with E-state index in [1.165, 1.54) is 29.2 Å². The molecule has 0 bridgehead atoms. The van der Waals surface area contributed by atoms with Crippen molar-refractivity contribution in [1.82, 2.24) is 10.2 Å². The third kappa shape index (κ3) is 6.82. The molecule has 2 amide bonds. The molecule has 1 fully saturated rings. The predicted molar refractivity (Wildman–Crippen MR) is 127 cm³/mol. The number of nitrogens with one attached hydrogen (secondary N) is 1. The molecule has 3 rings (SSSR count). The molecule has 0 spiro atoms. The van der Waals surface area contributed by atoms with Gasteiger partial charge in [-0.15, -0.1) is 0 Å². The van der Waals surface area contributed by atoms with Gasteiger partial charge in [0.15, 0.2) is 11.6 Å². The Morgan fingerprint density at radius 3 is 2.49 bits per heavy atom. The molecule has 1 aliphatic heterocycles. The summed E-state index contributed by atoms with van der Waals surface area (Å²) in [5.74, 6) is -2.28. The van der Waals surface area contributed by atoms with E-state index < -0.39 is 35.3 Å². The number of carbonyl (C=O) groups is 2. The standard InChI is InChI=1S/C25H29ClF2N2O5/c1-5-20(29-24(32)35-25(2,3)4)16-7-8-18(26)22(21(16)28)34-15-6-9-19(27)17(14-15)23(31)30-10-12-33-13-11-30/h6-9,14,20H,5,10-13H2,1-4H3,(H,29,32)/t20-/m1/s1. The molecule has 7 nitrogen and oxygen atoms in total. The number of hydrogen-bond donors (Lipinski definition) is 1. The Balaban J connectivity index is 1.86. The van der Waals surface area contributed by atoms with Crippen molar-refractivity contribution in [3.63, 3.8) is 0 Å². The number of carbonyl (C=O) groups excluding carboxylic acids is 2. The summed E-state index contributed by atoms with van der Waals surface area (Å²) in [5, 5.41) is 2.62. The lowest BCUT2D eigenvalue weighted by Crippen LogP contribution is -2.41. The highest BCUT2D eigenvalue weighted by atomic mass is 35.5. The molecule has 1 saturated heterocycles. The van der Waals surface area contributed by atoms with E-state index >= 15 is 4.39 Å². The number of amides is 2. The van der Waals surface area contributed by atoms with Crippen LogP contribution in [0.5, 0.6) is 11.5 Å². The van der Waals surface area contributed by atoms with Crippen LogP contribution in [-0.4, -0.2) is 48.8 Å². The van der Waals surface area contributed by atoms with Crippen LogP contribution in [0.4, 0.5) is 13.6 Å². The molecule has 1 aliphatic rings. The van der Waals surface area contributed by atoms with Crippen LogP contribution in [0.15, 0.2) is 30.3 Å². The Hall–Kier alpha value is -2.91. The topological polar surface area (TPSA) is 77.1 Å². The highest BCUT2D eigenvalue weighted by Gasteiger charge is 2.26. The quantitative estimate of drug-likeness (QED) is 0.527. The number of alkyl carbamates (subject to hydrolysis) is 1. The lowest BCUT2D eigenvalue weighted by Gasteiger charge is -2.27. The maximum atomic E-state index is 15.5. The van der Waals surface area contributed by atoms with E-state index in [4.69, 9.17) is 25.8 Å². The maximum Gasteiger partial charge on any atom is 0.408 e. The molecule has 0 unspecified atom stereocenters. The van der Waals surface area contributed by atoms with Gasteiger partial charge in [0, 0.05) is 18.7 Å². The Bertz CT molecular complexity index is 1080. The minimum Gasteiger partial charge on any atom is -0.453 e. The van der Waals surface area contributed by atoms with Crippen LogP contribution in [0, 0.1) is 11.6 Å². The minimum atomic E-state index is -0.786. The summed E-state index contributed by atoms with van der Waals surface area (Å²) in [6, 6.07) is 5.76. The third-order valence-corrected chi connectivity index (χ3v) is 5.54. The molecule has 0 radical (unpaired) electrons. The minimum absolute atomic E-state index is 0.0243. The average Bonchev–Trinajstić information content (AvgIpc) is 2.80. The van der Waals surface area contributed by atoms with Crippen molar-refractivity contribution in [3.05, 3.63) is 58.1 Å². The largest absolute Gasteiger partial charge is 0.453 e. The van der Waals surface area contributed by atoms with Crippen LogP contribution in [0.2, 0.25) is 5.02 Å². The summed E-state index contributed by atoms with van der Waals surface area (Å²) in [7, 11) is 0. The average molecular weight is 511 g/mol. The second-order valence-corrected chi connectivity index (χ2v) is 9.44. The molecule has 0 saturated carbocycles. The first-order chi connectivity index (χ1) is 16.5. The number of hydrogen-bond acceptors (Lipinski definition) is 5. The Morgan fingerprint density at radius 2 is 1.86 bits per heavy atom. The molecule has 1 N–H and O–H groups in total. The fourth-order valence-corrected chi connectivity index (χ4v) is 3.73. The Kier molecular flexibility index (Phi) is 8.56. The van der Waals surface area contributed by atoms with E-state index in [0.717, 1.165) is 6.07 Å². The summed E-state index contributed by atoms with van der Waals surface area (Å²) < 4.78 is 46.1. The van der Waals surface area contributed by atoms with Gasteiger partial charge in [-0.2, -0.15) is 0 Å². The molecule has 0 aliphatic carbocycles. The van der Waals surface area contributed by atoms with E-state index in [9.17, 15) is 14.0 Å². The van der Waals surface area contributed by atoms with Crippen LogP contribution < -0.4 is 10.1 Å². The van der Waals surface area contributed by atoms with Gasteiger partial charge in [-0.05, 0) is 51.5 Å². The second kappa shape index (κ2) is 11.2. The van der Waals surface area contributed by atoms with E-state index in [0.29, 0.717) is 32.7 Å². The van der Waals surface area contributed by atoms with E-state index in [1.54, 1.807) is 27.7 Å². The summed E-state index contributed by atoms with van der Waals surface area (Å²) in [6.07, 6.45) is -0.322. The van der Waals surface area contributed by atoms with Crippen LogP contribution in [-0.2, 0) is 9.47 Å². The zero-order valence-electron chi connectivity index (χ0n) is 20.1. The van der Waals surface area contributed by atoms with Crippen molar-refractivity contribution < 1.29 is 32.6 Å². The van der Waals surface area contributed by atoms with Gasteiger partial charge >= 0.3 is 6.09 Å². The normalized spacial score (nSPS) is 14.9. The van der Waals surface area contributed by atoms with Crippen molar-refractivity contribution in [3.8, 4) is 11.5 Å². The first-order valence-corrected chi connectivity index (χ1v) is 11.7. The van der Waals surface area contributed by atoms with E-state index in [-0.39, 0.29) is 27.6 Å². The number of morpholine rings is 1. The molecule has 10 heteroatoms. The zero-order chi connectivity index (χ0) is 25.8. The summed E-state index contributed by atoms with van der Waals surface area (Å²) in [6.45, 7) is 8.37. The number of ether oxygens (including phenoxy) is 3. The number of benzene rings is 2. The molecule has 1 atom stereocenters. The Morgan fingerprint density at radius 1 is 1.17 bits per heavy atom. The van der Waals surface area contributed by atoms with Crippen LogP contribution in [0.25, 0.3) is 0 Å². The van der Waals surface area contributed by atoms with Crippen LogP contribution in [0.3, 0.4) is 0 Å². The monoisotopic (exact) mass is 510 g/mol. The first-order valence-electron chi connectivity index (χ1n) is 11.3. The van der Waals surface area contributed by atoms with Gasteiger partial charge in [0.1, 0.15) is 17.2 Å². The molecule has 35 heavy (non-hydrogen) atoms. The summed E-state index contributed by atoms with van der Waals surface area (Å²) >= 11 is 6.21. The fraction of sp³-hybridized carbons (Fsp3) is 0.440. The first kappa shape index (κ1) is 26.7. The lowest BCUT2D eigenvalue weighted by atomic mass is 10.0. The fourth-order valence-electron chi connectivity index (χ4n) is 3.55. The van der Waals surface area contributed by atoms with Crippen molar-refractivity contribution in [2.45, 2.75) is 45.8 Å². The lowest BCUT2D eigenvalue weighted by molar-refractivity contribution is 0.0299. The van der Waals surface area contributed by atoms with Crippen LogP contribution in [0.1, 0.15) is 56.1 Å². The smallest absolute Gasteiger partial charge is 0.408 e. The van der Waals surface area contributed by atoms with Gasteiger partial charge in [-0.25, -0.2) is 13.6 Å². The molecule has 190 valence electrons. The van der Waals surface area contributed by atoms with Gasteiger partial charge in [0.05, 0.1) is 29.8 Å². The number of halogens is 3. The van der Waals surface area contributed by atoms with Crippen molar-refractivity contribution >= 4 is 23.6 Å². The highest BCUT2D eigenvalue weighted by Crippen LogP contribution is 2.37. The third-order valence-electron chi connectivity index (χ3n) is 5.24. The van der Waals surface area contributed by atoms with E-state index in [1.807, 2.05) is 0 Å². The highest BCUT2D eigenvalue weighted by molar-refractivity contribution is 6.32. The molecule has 1 heterocycles. The summed E-state index contributed by atoms with van der Waals surface area (Å²) in [5.41, 5.74) is -0.770. The van der Waals surface area contributed by atoms with Crippen LogP contribution >= 0.6 is 11.6 Å². The van der Waals surface area contributed by atoms with Crippen molar-refractivity contribution in [1.29, 1.82) is 0 Å². The molecular weight excluding hydrogens is 482 g/mol. The van der Waals surface area contributed by atoms with E-state index in [2.05, 4.69) is 5.32 Å². The molecular formula is C25H29ClF2N2O5. The van der Waals surface area contributed by atoms with Gasteiger partial charge in [0.2, 0.25) is 0 Å². The van der Waals surface area contributed by atoms with Gasteiger partial charge in [-0.3, -0.25) is 4.79 Å². The Labute approximate surface area is 208 Å². The van der Waals surface area contributed by atoms with Gasteiger partial charge < -0.3 is 24.4 Å². The maximum absolute atomic E-state index is 15.5. The second-order valence-electron chi connectivity index (χ2n) is 9.04. The molecule has 2 aromatic carbocycles. The number of nitrogens with zero attached hydrogens (tertiary/aromatic N) is 1. The summed E-state index contributed by atoms with van der Waals surface area (Å²) in [4.78, 5) is 26.5. The van der Waals surface area contributed by atoms with Gasteiger partial charge in [0.25, 0.3) is 5.91 Å². The SMILES string of the molecule is CC[C@@H](NC(=O)OC(C)(C)C)c1ccc(Cl)c(Oc2ccc(F)c(C(=O)N3CCOCC3)c2)c1F. The van der Waals surface area contributed by atoms with Gasteiger partial charge in [-0.1, -0.05) is 24.6 Å². The molecule has 2 aromatic rings. The predicted octanol–water partition coefficient (Wildman–Crippen LogP) is 5.86. The zero-order valence-corrected chi connectivity index (χ0v) is 20.9.